The van der Waals surface area contributed by atoms with E-state index in [9.17, 15) is 0 Å². The van der Waals surface area contributed by atoms with E-state index >= 15 is 0 Å². The summed E-state index contributed by atoms with van der Waals surface area (Å²) in [5.41, 5.74) is 1.81. The molecule has 0 saturated heterocycles. The fraction of sp³-hybridized carbons (Fsp3) is 0.179. The van der Waals surface area contributed by atoms with Crippen molar-refractivity contribution >= 4 is 33.0 Å². The quantitative estimate of drug-likeness (QED) is 0.107. The molecule has 0 aliphatic heterocycles. The molecule has 64 heavy (non-hydrogen) atoms. The normalized spacial score (nSPS) is 15.5. The van der Waals surface area contributed by atoms with Gasteiger partial charge in [-0.1, -0.05) is 167 Å². The van der Waals surface area contributed by atoms with Gasteiger partial charge in [0.2, 0.25) is 0 Å². The second-order valence-electron chi connectivity index (χ2n) is 17.0. The molecule has 0 bridgehead atoms. The predicted molar refractivity (Wildman–Crippen MR) is 253 cm³/mol. The van der Waals surface area contributed by atoms with Crippen LogP contribution in [0.25, 0.3) is 72.4 Å². The smallest absolute Gasteiger partial charge is 0.267 e. The first-order valence-electron chi connectivity index (χ1n) is 27.3. The van der Waals surface area contributed by atoms with E-state index in [0.29, 0.717) is 50.0 Å². The molecule has 5 aromatic heterocycles. The Morgan fingerprint density at radius 2 is 1.39 bits per heavy atom. The molecule has 0 aliphatic rings. The topological polar surface area (TPSA) is 61.6 Å². The molecule has 0 aliphatic carbocycles. The zero-order chi connectivity index (χ0) is 55.6. The average molecular weight is 1030 g/mol. The largest absolute Gasteiger partial charge is 0.484 e. The molecule has 8 heteroatoms. The van der Waals surface area contributed by atoms with Crippen LogP contribution in [0, 0.1) is 29.3 Å². The third-order valence-electron chi connectivity index (χ3n) is 9.96. The molecule has 320 valence electrons. The number of aromatic nitrogens is 6. The monoisotopic (exact) mass is 1030 g/mol. The van der Waals surface area contributed by atoms with Crippen molar-refractivity contribution < 1.29 is 49.6 Å². The van der Waals surface area contributed by atoms with Crippen molar-refractivity contribution in [2.45, 2.75) is 54.3 Å². The van der Waals surface area contributed by atoms with E-state index in [4.69, 9.17) is 33.9 Å². The maximum atomic E-state index is 9.08. The number of benzene rings is 5. The van der Waals surface area contributed by atoms with Crippen molar-refractivity contribution in [1.29, 1.82) is 0 Å². The molecule has 0 amide bonds. The summed E-state index contributed by atoms with van der Waals surface area (Å²) in [6.07, 6.45) is 2.80. The molecular weight excluding hydrogens is 968 g/mol. The van der Waals surface area contributed by atoms with E-state index < -0.39 is 84.0 Å². The number of para-hydroxylation sites is 3. The summed E-state index contributed by atoms with van der Waals surface area (Å²) in [4.78, 5) is 14.1. The summed E-state index contributed by atoms with van der Waals surface area (Å²) in [7, 11) is 0. The zero-order valence-corrected chi connectivity index (χ0v) is 37.9. The van der Waals surface area contributed by atoms with Gasteiger partial charge in [-0.05, 0) is 75.7 Å². The Hall–Kier alpha value is -6.69. The van der Waals surface area contributed by atoms with Gasteiger partial charge in [0.1, 0.15) is 11.7 Å². The minimum atomic E-state index is -1.82. The van der Waals surface area contributed by atoms with Crippen LogP contribution in [-0.4, -0.2) is 24.1 Å². The Bertz CT molecular complexity index is 3940. The first kappa shape index (κ1) is 28.9. The van der Waals surface area contributed by atoms with Crippen LogP contribution in [0.15, 0.2) is 158 Å². The molecule has 0 spiro atoms. The summed E-state index contributed by atoms with van der Waals surface area (Å²) in [6.45, 7) is 10.9. The van der Waals surface area contributed by atoms with Crippen LogP contribution in [-0.2, 0) is 33.8 Å². The third kappa shape index (κ3) is 8.53. The number of hydrogen-bond donors (Lipinski definition) is 0. The van der Waals surface area contributed by atoms with E-state index in [2.05, 4.69) is 23.4 Å². The first-order chi connectivity index (χ1) is 36.1. The summed E-state index contributed by atoms with van der Waals surface area (Å²) in [6, 6.07) is 24.5. The van der Waals surface area contributed by atoms with Crippen molar-refractivity contribution in [2.24, 2.45) is 10.8 Å². The summed E-state index contributed by atoms with van der Waals surface area (Å²) in [5, 5.41) is 0.598. The maximum absolute atomic E-state index is 9.08. The Kier molecular flexibility index (Phi) is 7.73. The molecule has 5 aromatic carbocycles. The maximum Gasteiger partial charge on any atom is 0.267 e. The third-order valence-corrected chi connectivity index (χ3v) is 9.96. The molecular formula is C56H48N6OPt-2. The van der Waals surface area contributed by atoms with E-state index in [0.717, 1.165) is 0 Å². The second kappa shape index (κ2) is 17.1. The van der Waals surface area contributed by atoms with Gasteiger partial charge in [-0.2, -0.15) is 18.2 Å². The van der Waals surface area contributed by atoms with Crippen molar-refractivity contribution in [1.82, 2.24) is 24.1 Å². The van der Waals surface area contributed by atoms with Gasteiger partial charge in [-0.25, -0.2) is 4.98 Å². The van der Waals surface area contributed by atoms with Gasteiger partial charge < -0.3 is 13.9 Å². The number of nitrogens with zero attached hydrogens (tertiary/aromatic N) is 6. The fourth-order valence-corrected chi connectivity index (χ4v) is 7.59. The minimum absolute atomic E-state index is 0. The van der Waals surface area contributed by atoms with E-state index in [-0.39, 0.29) is 66.3 Å². The molecule has 0 atom stereocenters. The minimum Gasteiger partial charge on any atom is -0.484 e. The zero-order valence-electron chi connectivity index (χ0n) is 49.6. The Morgan fingerprint density at radius 3 is 2.09 bits per heavy atom. The van der Waals surface area contributed by atoms with Crippen LogP contribution in [0.2, 0.25) is 0 Å². The number of ether oxygens (including phenoxy) is 1. The van der Waals surface area contributed by atoms with Crippen molar-refractivity contribution in [3.05, 3.63) is 187 Å². The fourth-order valence-electron chi connectivity index (χ4n) is 7.59. The van der Waals surface area contributed by atoms with Gasteiger partial charge in [0, 0.05) is 49.7 Å². The van der Waals surface area contributed by atoms with Crippen LogP contribution in [0.3, 0.4) is 0 Å². The predicted octanol–water partition coefficient (Wildman–Crippen LogP) is 12.9. The van der Waals surface area contributed by atoms with E-state index in [1.54, 1.807) is 98.8 Å². The van der Waals surface area contributed by atoms with Gasteiger partial charge in [-0.3, -0.25) is 14.5 Å². The molecule has 5 heterocycles. The van der Waals surface area contributed by atoms with E-state index in [1.807, 2.05) is 41.5 Å². The second-order valence-corrected chi connectivity index (χ2v) is 17.0. The van der Waals surface area contributed by atoms with Crippen LogP contribution in [0.5, 0.6) is 11.6 Å². The molecule has 0 saturated carbocycles. The number of imidazole rings is 1. The van der Waals surface area contributed by atoms with Gasteiger partial charge in [0.25, 0.3) is 6.33 Å². The number of rotatable bonds is 9. The SMILES string of the molecule is [2H]c1c([2H])c([2H])c(-c2cccc(-c3c([2H])c([2H])c([2H])c([2H])c3[2H])c2-[n+]2[c-]n(-c3[c-]c(Oc4[c-]c5c(cc4)c4nc(C([2H])([2H])C(C)(C)C)ccc4n5-c4cc(C([2H])([2H])C(C)(C)C)ccn4)ncc3)c3ccccc32)c([2H])c1[2H].[Pt]. The van der Waals surface area contributed by atoms with Gasteiger partial charge >= 0.3 is 0 Å². The summed E-state index contributed by atoms with van der Waals surface area (Å²) in [5.74, 6) is 0.562. The van der Waals surface area contributed by atoms with Gasteiger partial charge in [0.05, 0.1) is 35.9 Å². The van der Waals surface area contributed by atoms with Crippen LogP contribution in [0.1, 0.15) is 72.0 Å². The molecule has 0 N–H and O–H groups in total. The Morgan fingerprint density at radius 1 is 0.703 bits per heavy atom. The van der Waals surface area contributed by atoms with Crippen molar-refractivity contribution in [2.75, 3.05) is 0 Å². The number of pyridine rings is 3. The van der Waals surface area contributed by atoms with Gasteiger partial charge in [0.15, 0.2) is 0 Å². The first-order valence-corrected chi connectivity index (χ1v) is 20.3. The molecule has 7 nitrogen and oxygen atoms in total. The Labute approximate surface area is 409 Å². The Balaban J connectivity index is 0.00000740. The van der Waals surface area contributed by atoms with Crippen LogP contribution < -0.4 is 9.30 Å². The average Bonchev–Trinajstić information content (AvgIpc) is 4.15. The number of fused-ring (bicyclic) bond motifs is 4. The standard InChI is InChI=1S/C56H48N6O.Pt/c1-55(2,3)35-38-28-30-57-51(32-38)62-49-27-24-41(36-56(4,5)6)59-53(49)46-26-25-43(34-50(46)62)63-52-33-42(29-31-58-52)60-37-61(48-23-14-13-22-47(48)60)54-44(39-16-9-7-10-17-39)20-15-21-45(54)40-18-11-8-12-19-40;/h7-32H,35-36H2,1-6H3;/q-2;/i7D,8D,9D,10D,11D,12D,16D,17D,18D,19D,35D2,36D2;. The van der Waals surface area contributed by atoms with Crippen LogP contribution in [0.4, 0.5) is 0 Å². The van der Waals surface area contributed by atoms with Crippen molar-refractivity contribution in [3.63, 3.8) is 0 Å². The molecule has 0 fully saturated rings. The number of hydrogen-bond acceptors (Lipinski definition) is 4. The summed E-state index contributed by atoms with van der Waals surface area (Å²) < 4.78 is 135. The molecule has 10 rings (SSSR count). The van der Waals surface area contributed by atoms with Crippen LogP contribution >= 0.6 is 0 Å². The van der Waals surface area contributed by atoms with Gasteiger partial charge in [-0.15, -0.1) is 12.1 Å². The van der Waals surface area contributed by atoms with E-state index in [1.165, 1.54) is 12.3 Å². The molecule has 0 unspecified atom stereocenters. The molecule has 10 aromatic rings. The molecule has 0 radical (unpaired) electrons. The summed E-state index contributed by atoms with van der Waals surface area (Å²) >= 11 is 0. The van der Waals surface area contributed by atoms with Crippen molar-refractivity contribution in [3.8, 4) is 51.1 Å².